The van der Waals surface area contributed by atoms with Crippen LogP contribution in [-0.2, 0) is 29.0 Å². The summed E-state index contributed by atoms with van der Waals surface area (Å²) in [5, 5.41) is 0.171. The highest BCUT2D eigenvalue weighted by Crippen LogP contribution is 2.41. The van der Waals surface area contributed by atoms with E-state index in [4.69, 9.17) is 16.3 Å². The van der Waals surface area contributed by atoms with Crippen LogP contribution in [0.25, 0.3) is 0 Å². The van der Waals surface area contributed by atoms with Gasteiger partial charge in [0.05, 0.1) is 28.3 Å². The number of fused-ring (bicyclic) bond motifs is 1. The Bertz CT molecular complexity index is 1040. The summed E-state index contributed by atoms with van der Waals surface area (Å²) < 4.78 is 71.9. The van der Waals surface area contributed by atoms with Gasteiger partial charge in [-0.15, -0.1) is 0 Å². The Balaban J connectivity index is 1.99. The molecule has 2 aromatic carbocycles. The van der Waals surface area contributed by atoms with Gasteiger partial charge >= 0.3 is 6.18 Å². The largest absolute Gasteiger partial charge is 0.496 e. The Morgan fingerprint density at radius 2 is 1.80 bits per heavy atom. The summed E-state index contributed by atoms with van der Waals surface area (Å²) in [4.78, 5) is 1.82. The summed E-state index contributed by atoms with van der Waals surface area (Å²) >= 11 is 6.36. The van der Waals surface area contributed by atoms with Crippen LogP contribution in [0.5, 0.6) is 5.75 Å². The lowest BCUT2D eigenvalue weighted by molar-refractivity contribution is -0.137. The molecule has 0 fully saturated rings. The molecule has 0 heterocycles. The Kier molecular flexibility index (Phi) is 6.27. The van der Waals surface area contributed by atoms with Gasteiger partial charge in [-0.05, 0) is 63.2 Å². The molecule has 1 N–H and O–H groups in total. The minimum absolute atomic E-state index is 0.171. The van der Waals surface area contributed by atoms with Gasteiger partial charge in [-0.2, -0.15) is 13.2 Å². The molecule has 0 radical (unpaired) electrons. The number of benzene rings is 2. The van der Waals surface area contributed by atoms with E-state index in [9.17, 15) is 21.6 Å². The third-order valence-electron chi connectivity index (χ3n) is 5.31. The lowest BCUT2D eigenvalue weighted by Crippen LogP contribution is -2.34. The maximum absolute atomic E-state index is 12.8. The number of ether oxygens (including phenoxy) is 1. The first kappa shape index (κ1) is 22.7. The lowest BCUT2D eigenvalue weighted by Gasteiger charge is -2.32. The molecule has 0 saturated carbocycles. The number of rotatable bonds is 5. The summed E-state index contributed by atoms with van der Waals surface area (Å²) in [7, 11) is 1.35. The van der Waals surface area contributed by atoms with Gasteiger partial charge in [0.1, 0.15) is 5.75 Å². The molecule has 30 heavy (non-hydrogen) atoms. The molecule has 0 aromatic heterocycles. The summed E-state index contributed by atoms with van der Waals surface area (Å²) in [5.41, 5.74) is 0.936. The first-order valence-corrected chi connectivity index (χ1v) is 11.0. The van der Waals surface area contributed by atoms with E-state index in [0.717, 1.165) is 41.8 Å². The Labute approximate surface area is 178 Å². The molecule has 0 bridgehead atoms. The molecule has 1 aliphatic carbocycles. The number of likely N-dealkylation sites (N-methyl/N-ethyl adjacent to an activating group) is 1. The lowest BCUT2D eigenvalue weighted by atomic mass is 9.86. The number of nitrogens with one attached hydrogen (secondary N) is 1. The number of halogens is 4. The first-order valence-electron chi connectivity index (χ1n) is 9.18. The van der Waals surface area contributed by atoms with Gasteiger partial charge in [0.15, 0.2) is 0 Å². The summed E-state index contributed by atoms with van der Waals surface area (Å²) in [6.07, 6.45) is -2.49. The van der Waals surface area contributed by atoms with E-state index in [1.54, 1.807) is 6.07 Å². The molecular weight excluding hydrogens is 441 g/mol. The standard InChI is InChI=1S/C20H22ClF3N2O3S/c1-26(2)13-6-9-15-16(10-13)18(29-3)11-17(21)19(15)25-30(27,28)14-7-4-12(5-8-14)20(22,23)24/h4-5,7-8,11,13,25H,6,9-10H2,1-3H3/t13-/m0/s1. The molecule has 0 saturated heterocycles. The van der Waals surface area contributed by atoms with Crippen molar-refractivity contribution in [3.63, 3.8) is 0 Å². The number of methoxy groups -OCH3 is 1. The fraction of sp³-hybridized carbons (Fsp3) is 0.400. The molecule has 0 amide bonds. The van der Waals surface area contributed by atoms with Gasteiger partial charge in [0.25, 0.3) is 10.0 Å². The van der Waals surface area contributed by atoms with Crippen LogP contribution in [0.1, 0.15) is 23.1 Å². The minimum Gasteiger partial charge on any atom is -0.496 e. The summed E-state index contributed by atoms with van der Waals surface area (Å²) in [6.45, 7) is 0. The van der Waals surface area contributed by atoms with Crippen LogP contribution in [0.3, 0.4) is 0 Å². The number of hydrogen-bond donors (Lipinski definition) is 1. The van der Waals surface area contributed by atoms with E-state index in [0.29, 0.717) is 18.6 Å². The first-order chi connectivity index (χ1) is 13.9. The average Bonchev–Trinajstić information content (AvgIpc) is 2.68. The van der Waals surface area contributed by atoms with Crippen LogP contribution in [0, 0.1) is 0 Å². The van der Waals surface area contributed by atoms with Crippen molar-refractivity contribution in [1.82, 2.24) is 4.90 Å². The van der Waals surface area contributed by atoms with Crippen molar-refractivity contribution in [3.8, 4) is 5.75 Å². The highest BCUT2D eigenvalue weighted by molar-refractivity contribution is 7.92. The highest BCUT2D eigenvalue weighted by atomic mass is 35.5. The summed E-state index contributed by atoms with van der Waals surface area (Å²) in [6, 6.07) is 5.16. The smallest absolute Gasteiger partial charge is 0.416 e. The number of alkyl halides is 3. The zero-order chi connectivity index (χ0) is 22.3. The van der Waals surface area contributed by atoms with E-state index < -0.39 is 21.8 Å². The van der Waals surface area contributed by atoms with Crippen molar-refractivity contribution in [2.75, 3.05) is 25.9 Å². The number of anilines is 1. The van der Waals surface area contributed by atoms with Crippen molar-refractivity contribution >= 4 is 27.3 Å². The molecular formula is C20H22ClF3N2O3S. The number of nitrogens with zero attached hydrogens (tertiary/aromatic N) is 1. The van der Waals surface area contributed by atoms with Crippen molar-refractivity contribution in [2.24, 2.45) is 0 Å². The van der Waals surface area contributed by atoms with Crippen molar-refractivity contribution in [1.29, 1.82) is 0 Å². The molecule has 1 atom stereocenters. The van der Waals surface area contributed by atoms with Gasteiger partial charge in [-0.25, -0.2) is 8.42 Å². The third kappa shape index (κ3) is 4.53. The predicted octanol–water partition coefficient (Wildman–Crippen LogP) is 4.59. The maximum Gasteiger partial charge on any atom is 0.416 e. The van der Waals surface area contributed by atoms with Crippen LogP contribution in [0.4, 0.5) is 18.9 Å². The van der Waals surface area contributed by atoms with Crippen LogP contribution in [0.15, 0.2) is 35.2 Å². The normalized spacial score (nSPS) is 17.0. The quantitative estimate of drug-likeness (QED) is 0.706. The van der Waals surface area contributed by atoms with Crippen LogP contribution in [-0.4, -0.2) is 40.6 Å². The average molecular weight is 463 g/mol. The third-order valence-corrected chi connectivity index (χ3v) is 6.97. The molecule has 3 rings (SSSR count). The monoisotopic (exact) mass is 462 g/mol. The second-order valence-electron chi connectivity index (χ2n) is 7.38. The Hall–Kier alpha value is -1.97. The molecule has 2 aromatic rings. The topological polar surface area (TPSA) is 58.6 Å². The SMILES string of the molecule is COc1cc(Cl)c(NS(=O)(=O)c2ccc(C(F)(F)F)cc2)c2c1C[C@@H](N(C)C)CC2. The predicted molar refractivity (Wildman–Crippen MR) is 110 cm³/mol. The Morgan fingerprint density at radius 3 is 2.33 bits per heavy atom. The Morgan fingerprint density at radius 1 is 1.17 bits per heavy atom. The minimum atomic E-state index is -4.54. The molecule has 0 spiro atoms. The van der Waals surface area contributed by atoms with E-state index in [2.05, 4.69) is 9.62 Å². The maximum atomic E-state index is 12.8. The van der Waals surface area contributed by atoms with Crippen molar-refractivity contribution in [2.45, 2.75) is 36.4 Å². The van der Waals surface area contributed by atoms with Crippen molar-refractivity contribution in [3.05, 3.63) is 52.0 Å². The van der Waals surface area contributed by atoms with E-state index in [-0.39, 0.29) is 21.6 Å². The molecule has 0 unspecified atom stereocenters. The van der Waals surface area contributed by atoms with Gasteiger partial charge in [0.2, 0.25) is 0 Å². The highest BCUT2D eigenvalue weighted by Gasteiger charge is 2.32. The second-order valence-corrected chi connectivity index (χ2v) is 9.47. The van der Waals surface area contributed by atoms with Gasteiger partial charge < -0.3 is 9.64 Å². The van der Waals surface area contributed by atoms with E-state index in [1.807, 2.05) is 14.1 Å². The zero-order valence-electron chi connectivity index (χ0n) is 16.7. The van der Waals surface area contributed by atoms with Crippen LogP contribution in [0.2, 0.25) is 5.02 Å². The van der Waals surface area contributed by atoms with Gasteiger partial charge in [-0.3, -0.25) is 4.72 Å². The zero-order valence-corrected chi connectivity index (χ0v) is 18.2. The molecule has 5 nitrogen and oxygen atoms in total. The van der Waals surface area contributed by atoms with Gasteiger partial charge in [-0.1, -0.05) is 11.6 Å². The van der Waals surface area contributed by atoms with Crippen molar-refractivity contribution < 1.29 is 26.3 Å². The van der Waals surface area contributed by atoms with Gasteiger partial charge in [0, 0.05) is 17.7 Å². The van der Waals surface area contributed by atoms with Crippen LogP contribution < -0.4 is 9.46 Å². The fourth-order valence-electron chi connectivity index (χ4n) is 3.62. The number of hydrogen-bond acceptors (Lipinski definition) is 4. The molecule has 164 valence electrons. The van der Waals surface area contributed by atoms with E-state index >= 15 is 0 Å². The number of sulfonamides is 1. The molecule has 0 aliphatic heterocycles. The fourth-order valence-corrected chi connectivity index (χ4v) is 5.05. The van der Waals surface area contributed by atoms with E-state index in [1.165, 1.54) is 7.11 Å². The second kappa shape index (κ2) is 8.28. The molecule has 10 heteroatoms. The molecule has 1 aliphatic rings. The van der Waals surface area contributed by atoms with Crippen LogP contribution >= 0.6 is 11.6 Å². The summed E-state index contributed by atoms with van der Waals surface area (Å²) in [5.74, 6) is 0.582.